The predicted octanol–water partition coefficient (Wildman–Crippen LogP) is 4.78. The van der Waals surface area contributed by atoms with Crippen molar-refractivity contribution in [2.45, 2.75) is 26.4 Å². The molecule has 4 N–H and O–H groups in total. The van der Waals surface area contributed by atoms with Crippen molar-refractivity contribution in [1.82, 2.24) is 0 Å². The molecule has 4 aromatic carbocycles. The SMILES string of the molecule is OCc1cc(CO)cc(-c2ccc(Oc3c(CO)cc(-c4ccccc4)cc3CO)cc2)c1. The van der Waals surface area contributed by atoms with Crippen molar-refractivity contribution >= 4 is 0 Å². The summed E-state index contributed by atoms with van der Waals surface area (Å²) in [4.78, 5) is 0. The molecular weight excluding hydrogens is 416 g/mol. The standard InChI is InChI=1S/C28H26O5/c29-15-19-10-20(16-30)12-23(11-19)22-6-8-27(9-7-22)33-28-25(17-31)13-24(14-26(28)18-32)21-4-2-1-3-5-21/h1-14,29-32H,15-18H2. The summed E-state index contributed by atoms with van der Waals surface area (Å²) in [6.07, 6.45) is 0. The Morgan fingerprint density at radius 2 is 1.00 bits per heavy atom. The highest BCUT2D eigenvalue weighted by molar-refractivity contribution is 5.68. The second kappa shape index (κ2) is 10.4. The van der Waals surface area contributed by atoms with Gasteiger partial charge in [-0.1, -0.05) is 48.5 Å². The average Bonchev–Trinajstić information content (AvgIpc) is 2.89. The molecule has 0 aliphatic rings. The molecule has 0 unspecified atom stereocenters. The largest absolute Gasteiger partial charge is 0.457 e. The highest BCUT2D eigenvalue weighted by atomic mass is 16.5. The van der Waals surface area contributed by atoms with Gasteiger partial charge in [-0.15, -0.1) is 0 Å². The van der Waals surface area contributed by atoms with Crippen LogP contribution in [-0.2, 0) is 26.4 Å². The Morgan fingerprint density at radius 1 is 0.485 bits per heavy atom. The van der Waals surface area contributed by atoms with Gasteiger partial charge < -0.3 is 25.2 Å². The Labute approximate surface area is 192 Å². The minimum Gasteiger partial charge on any atom is -0.457 e. The number of aliphatic hydroxyl groups is 4. The topological polar surface area (TPSA) is 90.2 Å². The monoisotopic (exact) mass is 442 g/mol. The minimum atomic E-state index is -0.223. The van der Waals surface area contributed by atoms with E-state index in [-0.39, 0.29) is 26.4 Å². The van der Waals surface area contributed by atoms with E-state index in [0.717, 1.165) is 33.4 Å². The van der Waals surface area contributed by atoms with Gasteiger partial charge in [-0.3, -0.25) is 0 Å². The smallest absolute Gasteiger partial charge is 0.138 e. The summed E-state index contributed by atoms with van der Waals surface area (Å²) >= 11 is 0. The van der Waals surface area contributed by atoms with Gasteiger partial charge >= 0.3 is 0 Å². The second-order valence-electron chi connectivity index (χ2n) is 7.79. The maximum absolute atomic E-state index is 9.98. The lowest BCUT2D eigenvalue weighted by Crippen LogP contribution is -1.99. The molecule has 0 amide bonds. The van der Waals surface area contributed by atoms with Gasteiger partial charge in [0.15, 0.2) is 0 Å². The van der Waals surface area contributed by atoms with Crippen molar-refractivity contribution in [2.24, 2.45) is 0 Å². The van der Waals surface area contributed by atoms with Crippen LogP contribution in [0.5, 0.6) is 11.5 Å². The van der Waals surface area contributed by atoms with E-state index in [2.05, 4.69) is 0 Å². The van der Waals surface area contributed by atoms with Crippen molar-refractivity contribution in [3.63, 3.8) is 0 Å². The number of ether oxygens (including phenoxy) is 1. The zero-order valence-corrected chi connectivity index (χ0v) is 18.1. The molecule has 0 bridgehead atoms. The fourth-order valence-corrected chi connectivity index (χ4v) is 3.86. The summed E-state index contributed by atoms with van der Waals surface area (Å²) in [7, 11) is 0. The van der Waals surface area contributed by atoms with E-state index in [1.54, 1.807) is 6.07 Å². The van der Waals surface area contributed by atoms with E-state index in [0.29, 0.717) is 22.6 Å². The molecule has 0 atom stereocenters. The molecule has 33 heavy (non-hydrogen) atoms. The maximum atomic E-state index is 9.98. The molecule has 5 heteroatoms. The van der Waals surface area contributed by atoms with E-state index in [4.69, 9.17) is 4.74 Å². The van der Waals surface area contributed by atoms with Gasteiger partial charge in [-0.2, -0.15) is 0 Å². The second-order valence-corrected chi connectivity index (χ2v) is 7.79. The zero-order chi connectivity index (χ0) is 23.2. The summed E-state index contributed by atoms with van der Waals surface area (Å²) in [6, 6.07) is 26.5. The first-order valence-corrected chi connectivity index (χ1v) is 10.7. The van der Waals surface area contributed by atoms with Crippen molar-refractivity contribution < 1.29 is 25.2 Å². The van der Waals surface area contributed by atoms with E-state index >= 15 is 0 Å². The van der Waals surface area contributed by atoms with Gasteiger partial charge in [0.1, 0.15) is 11.5 Å². The Balaban J connectivity index is 1.64. The average molecular weight is 443 g/mol. The van der Waals surface area contributed by atoms with Gasteiger partial charge in [0.05, 0.1) is 26.4 Å². The molecule has 168 valence electrons. The first-order valence-electron chi connectivity index (χ1n) is 10.7. The van der Waals surface area contributed by atoms with Crippen LogP contribution in [0.3, 0.4) is 0 Å². The van der Waals surface area contributed by atoms with Crippen molar-refractivity contribution in [1.29, 1.82) is 0 Å². The molecule has 0 aliphatic heterocycles. The van der Waals surface area contributed by atoms with Crippen LogP contribution < -0.4 is 4.74 Å². The number of hydrogen-bond acceptors (Lipinski definition) is 5. The summed E-state index contributed by atoms with van der Waals surface area (Å²) in [6.45, 7) is -0.651. The van der Waals surface area contributed by atoms with Crippen LogP contribution >= 0.6 is 0 Å². The van der Waals surface area contributed by atoms with E-state index < -0.39 is 0 Å². The van der Waals surface area contributed by atoms with Crippen molar-refractivity contribution in [3.05, 3.63) is 107 Å². The van der Waals surface area contributed by atoms with Crippen LogP contribution in [0.2, 0.25) is 0 Å². The maximum Gasteiger partial charge on any atom is 0.138 e. The molecular formula is C28H26O5. The lowest BCUT2D eigenvalue weighted by atomic mass is 9.98. The third-order valence-electron chi connectivity index (χ3n) is 5.52. The van der Waals surface area contributed by atoms with Crippen LogP contribution in [0.25, 0.3) is 22.3 Å². The number of hydrogen-bond donors (Lipinski definition) is 4. The predicted molar refractivity (Wildman–Crippen MR) is 128 cm³/mol. The number of benzene rings is 4. The Kier molecular flexibility index (Phi) is 7.17. The highest BCUT2D eigenvalue weighted by Crippen LogP contribution is 2.35. The number of aliphatic hydroxyl groups excluding tert-OH is 4. The highest BCUT2D eigenvalue weighted by Gasteiger charge is 2.14. The first kappa shape index (κ1) is 22.7. The lowest BCUT2D eigenvalue weighted by Gasteiger charge is -2.16. The fourth-order valence-electron chi connectivity index (χ4n) is 3.86. The Bertz CT molecular complexity index is 1170. The van der Waals surface area contributed by atoms with Crippen LogP contribution in [-0.4, -0.2) is 20.4 Å². The van der Waals surface area contributed by atoms with Crippen LogP contribution in [0.4, 0.5) is 0 Å². The normalized spacial score (nSPS) is 10.9. The van der Waals surface area contributed by atoms with Gasteiger partial charge in [0.25, 0.3) is 0 Å². The Morgan fingerprint density at radius 3 is 1.52 bits per heavy atom. The van der Waals surface area contributed by atoms with Crippen LogP contribution in [0, 0.1) is 0 Å². The molecule has 0 saturated carbocycles. The quantitative estimate of drug-likeness (QED) is 0.315. The Hall–Kier alpha value is -3.48. The molecule has 0 aliphatic carbocycles. The molecule has 4 rings (SSSR count). The van der Waals surface area contributed by atoms with Gasteiger partial charge in [0.2, 0.25) is 0 Å². The van der Waals surface area contributed by atoms with Crippen molar-refractivity contribution in [2.75, 3.05) is 0 Å². The molecule has 0 saturated heterocycles. The molecule has 0 radical (unpaired) electrons. The third-order valence-corrected chi connectivity index (χ3v) is 5.52. The van der Waals surface area contributed by atoms with Crippen LogP contribution in [0.1, 0.15) is 22.3 Å². The molecule has 0 aromatic heterocycles. The number of rotatable bonds is 8. The molecule has 0 spiro atoms. The minimum absolute atomic E-state index is 0.102. The van der Waals surface area contributed by atoms with Gasteiger partial charge in [-0.05, 0) is 69.8 Å². The molecule has 4 aromatic rings. The third kappa shape index (κ3) is 5.13. The summed E-state index contributed by atoms with van der Waals surface area (Å²) < 4.78 is 6.09. The first-order chi connectivity index (χ1) is 16.1. The van der Waals surface area contributed by atoms with Crippen molar-refractivity contribution in [3.8, 4) is 33.8 Å². The van der Waals surface area contributed by atoms with E-state index in [9.17, 15) is 20.4 Å². The molecule has 0 heterocycles. The summed E-state index contributed by atoms with van der Waals surface area (Å²) in [5, 5.41) is 38.9. The lowest BCUT2D eigenvalue weighted by molar-refractivity contribution is 0.265. The summed E-state index contributed by atoms with van der Waals surface area (Å²) in [5.41, 5.74) is 6.33. The molecule has 0 fully saturated rings. The summed E-state index contributed by atoms with van der Waals surface area (Å²) in [5.74, 6) is 1.01. The van der Waals surface area contributed by atoms with E-state index in [1.165, 1.54) is 0 Å². The van der Waals surface area contributed by atoms with E-state index in [1.807, 2.05) is 78.9 Å². The molecule has 5 nitrogen and oxygen atoms in total. The van der Waals surface area contributed by atoms with Gasteiger partial charge in [0, 0.05) is 11.1 Å². The van der Waals surface area contributed by atoms with Gasteiger partial charge in [-0.25, -0.2) is 0 Å². The zero-order valence-electron chi connectivity index (χ0n) is 18.1. The fraction of sp³-hybridized carbons (Fsp3) is 0.143. The van der Waals surface area contributed by atoms with Crippen LogP contribution in [0.15, 0.2) is 84.9 Å².